The first-order valence-electron chi connectivity index (χ1n) is 38.6. The van der Waals surface area contributed by atoms with E-state index >= 15 is 0 Å². The summed E-state index contributed by atoms with van der Waals surface area (Å²) in [5.41, 5.74) is 0. The first-order valence-corrected chi connectivity index (χ1v) is 41.6. The van der Waals surface area contributed by atoms with Crippen LogP contribution in [0.2, 0.25) is 0 Å². The molecular weight excluding hydrogens is 1220 g/mol. The Bertz CT molecular complexity index is 1790. The van der Waals surface area contributed by atoms with Crippen molar-refractivity contribution in [2.45, 2.75) is 406 Å². The molecule has 0 spiro atoms. The molecule has 5 atom stereocenters. The zero-order valence-electron chi connectivity index (χ0n) is 60.4. The van der Waals surface area contributed by atoms with E-state index in [2.05, 4.69) is 34.6 Å². The average molecular weight is 1370 g/mol. The lowest BCUT2D eigenvalue weighted by atomic mass is 10.0. The highest BCUT2D eigenvalue weighted by Gasteiger charge is 2.30. The SMILES string of the molecule is CCCCCCCCCCCCCCCCCCCCCC(=O)O[C@H](COC(=O)CCCCCCCCCCCCC(C)C)COP(=O)(O)OC[C@@H](O)COP(=O)(O)OC[C@@H](COC(=O)CCCCCCCCCCCC)OC(=O)CCCCCCCCCCCCC. The quantitative estimate of drug-likeness (QED) is 0.0222. The number of hydrogen-bond acceptors (Lipinski definition) is 15. The Balaban J connectivity index is 5.21. The van der Waals surface area contributed by atoms with E-state index in [0.29, 0.717) is 25.7 Å². The van der Waals surface area contributed by atoms with Gasteiger partial charge < -0.3 is 33.8 Å². The zero-order valence-corrected chi connectivity index (χ0v) is 62.2. The minimum absolute atomic E-state index is 0.107. The Morgan fingerprint density at radius 1 is 0.290 bits per heavy atom. The molecule has 0 bridgehead atoms. The van der Waals surface area contributed by atoms with Gasteiger partial charge in [-0.05, 0) is 31.6 Å². The van der Waals surface area contributed by atoms with E-state index in [9.17, 15) is 43.2 Å². The van der Waals surface area contributed by atoms with Crippen molar-refractivity contribution in [1.82, 2.24) is 0 Å². The zero-order chi connectivity index (χ0) is 68.4. The van der Waals surface area contributed by atoms with E-state index in [-0.39, 0.29) is 25.7 Å². The fraction of sp³-hybridized carbons (Fsp3) is 0.946. The largest absolute Gasteiger partial charge is 0.472 e. The fourth-order valence-electron chi connectivity index (χ4n) is 11.4. The van der Waals surface area contributed by atoms with Gasteiger partial charge in [-0.15, -0.1) is 0 Å². The maximum Gasteiger partial charge on any atom is 0.472 e. The van der Waals surface area contributed by atoms with Crippen molar-refractivity contribution >= 4 is 39.5 Å². The topological polar surface area (TPSA) is 237 Å². The maximum absolute atomic E-state index is 13.1. The van der Waals surface area contributed by atoms with Gasteiger partial charge in [0.05, 0.1) is 26.4 Å². The molecule has 3 N–H and O–H groups in total. The normalized spacial score (nSPS) is 14.0. The molecule has 0 amide bonds. The van der Waals surface area contributed by atoms with Gasteiger partial charge in [-0.25, -0.2) is 9.13 Å². The van der Waals surface area contributed by atoms with Crippen LogP contribution in [-0.4, -0.2) is 96.7 Å². The van der Waals surface area contributed by atoms with Crippen LogP contribution >= 0.6 is 15.6 Å². The summed E-state index contributed by atoms with van der Waals surface area (Å²) in [6.45, 7) is 7.26. The maximum atomic E-state index is 13.1. The third-order valence-electron chi connectivity index (χ3n) is 17.3. The molecule has 0 rings (SSSR count). The fourth-order valence-corrected chi connectivity index (χ4v) is 12.9. The van der Waals surface area contributed by atoms with Crippen molar-refractivity contribution in [3.8, 4) is 0 Å². The van der Waals surface area contributed by atoms with Crippen molar-refractivity contribution in [2.75, 3.05) is 39.6 Å². The number of aliphatic hydroxyl groups excluding tert-OH is 1. The Labute approximate surface area is 568 Å². The molecule has 0 aliphatic rings. The van der Waals surface area contributed by atoms with Crippen LogP contribution in [0.5, 0.6) is 0 Å². The average Bonchev–Trinajstić information content (AvgIpc) is 3.35. The molecule has 0 radical (unpaired) electrons. The Kier molecular flexibility index (Phi) is 65.9. The van der Waals surface area contributed by atoms with Gasteiger partial charge in [0.2, 0.25) is 0 Å². The van der Waals surface area contributed by atoms with Crippen molar-refractivity contribution in [3.63, 3.8) is 0 Å². The van der Waals surface area contributed by atoms with E-state index < -0.39 is 97.5 Å². The van der Waals surface area contributed by atoms with Gasteiger partial charge >= 0.3 is 39.5 Å². The van der Waals surface area contributed by atoms with Crippen LogP contribution in [-0.2, 0) is 65.4 Å². The monoisotopic (exact) mass is 1370 g/mol. The summed E-state index contributed by atoms with van der Waals surface area (Å²) in [4.78, 5) is 72.7. The van der Waals surface area contributed by atoms with Gasteiger partial charge in [-0.3, -0.25) is 37.3 Å². The molecule has 0 aliphatic heterocycles. The lowest BCUT2D eigenvalue weighted by Crippen LogP contribution is -2.30. The summed E-state index contributed by atoms with van der Waals surface area (Å²) >= 11 is 0. The minimum atomic E-state index is -4.95. The third kappa shape index (κ3) is 68.4. The first kappa shape index (κ1) is 91.1. The molecule has 0 aromatic carbocycles. The first-order chi connectivity index (χ1) is 45.0. The van der Waals surface area contributed by atoms with Gasteiger partial charge in [0.15, 0.2) is 12.2 Å². The predicted molar refractivity (Wildman–Crippen MR) is 377 cm³/mol. The smallest absolute Gasteiger partial charge is 0.462 e. The summed E-state index contributed by atoms with van der Waals surface area (Å²) in [6.07, 6.45) is 55.4. The lowest BCUT2D eigenvalue weighted by Gasteiger charge is -2.21. The molecule has 0 heterocycles. The summed E-state index contributed by atoms with van der Waals surface area (Å²) < 4.78 is 68.4. The molecule has 0 saturated heterocycles. The molecule has 0 fully saturated rings. The Hall–Kier alpha value is -1.94. The number of esters is 4. The molecule has 0 saturated carbocycles. The highest BCUT2D eigenvalue weighted by molar-refractivity contribution is 7.47. The highest BCUT2D eigenvalue weighted by Crippen LogP contribution is 2.45. The van der Waals surface area contributed by atoms with Crippen molar-refractivity contribution in [3.05, 3.63) is 0 Å². The Morgan fingerprint density at radius 2 is 0.495 bits per heavy atom. The Morgan fingerprint density at radius 3 is 0.731 bits per heavy atom. The highest BCUT2D eigenvalue weighted by atomic mass is 31.2. The number of unbranched alkanes of at least 4 members (excludes halogenated alkanes) is 46. The van der Waals surface area contributed by atoms with Crippen molar-refractivity contribution < 1.29 is 80.2 Å². The van der Waals surface area contributed by atoms with E-state index in [0.717, 1.165) is 95.8 Å². The van der Waals surface area contributed by atoms with Gasteiger partial charge in [0.25, 0.3) is 0 Å². The summed E-state index contributed by atoms with van der Waals surface area (Å²) in [7, 11) is -9.90. The van der Waals surface area contributed by atoms with E-state index in [1.54, 1.807) is 0 Å². The molecule has 552 valence electrons. The lowest BCUT2D eigenvalue weighted by molar-refractivity contribution is -0.161. The second-order valence-electron chi connectivity index (χ2n) is 27.2. The number of hydrogen-bond donors (Lipinski definition) is 3. The van der Waals surface area contributed by atoms with E-state index in [1.807, 2.05) is 0 Å². The van der Waals surface area contributed by atoms with Crippen LogP contribution < -0.4 is 0 Å². The standard InChI is InChI=1S/C74H144O17P2/c1-6-9-12-15-18-21-24-25-26-27-28-29-30-31-33-40-45-50-55-60-74(79)91-70(64-85-72(77)58-53-48-43-38-35-34-36-41-46-51-56-67(4)5)66-89-93(82,83)87-62-68(75)61-86-92(80,81)88-65-69(63-84-71(76)57-52-47-42-37-23-20-17-14-11-8-3)90-73(78)59-54-49-44-39-32-22-19-16-13-10-7-2/h67-70,75H,6-66H2,1-5H3,(H,80,81)(H,82,83)/t68-,69+,70+/m0/s1. The molecular formula is C74H144O17P2. The summed E-state index contributed by atoms with van der Waals surface area (Å²) in [6, 6.07) is 0. The van der Waals surface area contributed by atoms with Crippen LogP contribution in [0, 0.1) is 5.92 Å². The number of phosphoric ester groups is 2. The second-order valence-corrected chi connectivity index (χ2v) is 30.1. The number of ether oxygens (including phenoxy) is 4. The van der Waals surface area contributed by atoms with Crippen LogP contribution in [0.3, 0.4) is 0 Å². The van der Waals surface area contributed by atoms with Crippen LogP contribution in [0.1, 0.15) is 388 Å². The number of carbonyl (C=O) groups is 4. The molecule has 19 heteroatoms. The van der Waals surface area contributed by atoms with Gasteiger partial charge in [0.1, 0.15) is 19.3 Å². The second kappa shape index (κ2) is 67.3. The van der Waals surface area contributed by atoms with E-state index in [1.165, 1.54) is 212 Å². The molecule has 0 aromatic heterocycles. The molecule has 17 nitrogen and oxygen atoms in total. The van der Waals surface area contributed by atoms with Crippen LogP contribution in [0.25, 0.3) is 0 Å². The molecule has 2 unspecified atom stereocenters. The number of carbonyl (C=O) groups excluding carboxylic acids is 4. The van der Waals surface area contributed by atoms with E-state index in [4.69, 9.17) is 37.0 Å². The van der Waals surface area contributed by atoms with Crippen LogP contribution in [0.4, 0.5) is 0 Å². The number of aliphatic hydroxyl groups is 1. The van der Waals surface area contributed by atoms with Crippen molar-refractivity contribution in [2.24, 2.45) is 5.92 Å². The van der Waals surface area contributed by atoms with Gasteiger partial charge in [0, 0.05) is 25.7 Å². The van der Waals surface area contributed by atoms with Gasteiger partial charge in [-0.2, -0.15) is 0 Å². The number of phosphoric acid groups is 2. The summed E-state index contributed by atoms with van der Waals surface area (Å²) in [5, 5.41) is 10.6. The minimum Gasteiger partial charge on any atom is -0.462 e. The molecule has 0 aliphatic carbocycles. The van der Waals surface area contributed by atoms with Gasteiger partial charge in [-0.1, -0.05) is 336 Å². The molecule has 93 heavy (non-hydrogen) atoms. The number of rotatable bonds is 74. The third-order valence-corrected chi connectivity index (χ3v) is 19.2. The van der Waals surface area contributed by atoms with Crippen molar-refractivity contribution in [1.29, 1.82) is 0 Å². The summed E-state index contributed by atoms with van der Waals surface area (Å²) in [5.74, 6) is -1.36. The predicted octanol–water partition coefficient (Wildman–Crippen LogP) is 21.7. The van der Waals surface area contributed by atoms with Crippen LogP contribution in [0.15, 0.2) is 0 Å². The molecule has 0 aromatic rings.